The molecule has 26 heavy (non-hydrogen) atoms. The van der Waals surface area contributed by atoms with Crippen LogP contribution in [0.3, 0.4) is 0 Å². The Bertz CT molecular complexity index is 1030. The van der Waals surface area contributed by atoms with Crippen molar-refractivity contribution in [1.82, 2.24) is 9.88 Å². The molecule has 2 N–H and O–H groups in total. The number of nitrogens with zero attached hydrogens (tertiary/aromatic N) is 1. The summed E-state index contributed by atoms with van der Waals surface area (Å²) in [6.07, 6.45) is -0.555. The molecule has 1 amide bonds. The van der Waals surface area contributed by atoms with E-state index >= 15 is 0 Å². The van der Waals surface area contributed by atoms with Gasteiger partial charge in [-0.25, -0.2) is 0 Å². The van der Waals surface area contributed by atoms with Gasteiger partial charge in [0.2, 0.25) is 0 Å². The van der Waals surface area contributed by atoms with Gasteiger partial charge in [-0.15, -0.1) is 0 Å². The highest BCUT2D eigenvalue weighted by molar-refractivity contribution is 6.01. The van der Waals surface area contributed by atoms with Gasteiger partial charge in [-0.1, -0.05) is 30.3 Å². The minimum absolute atomic E-state index is 0.117. The van der Waals surface area contributed by atoms with Crippen LogP contribution in [0.25, 0.3) is 10.9 Å². The third-order valence-electron chi connectivity index (χ3n) is 4.64. The molecule has 2 aromatic carbocycles. The zero-order chi connectivity index (χ0) is 18.1. The molecule has 0 radical (unpaired) electrons. The fraction of sp³-hybridized carbons (Fsp3) is 0.200. The highest BCUT2D eigenvalue weighted by atomic mass is 16.5. The quantitative estimate of drug-likeness (QED) is 0.759. The number of methoxy groups -OCH3 is 1. The smallest absolute Gasteiger partial charge is 0.257 e. The van der Waals surface area contributed by atoms with Gasteiger partial charge in [0, 0.05) is 24.9 Å². The summed E-state index contributed by atoms with van der Waals surface area (Å²) in [6, 6.07) is 16.8. The second-order valence-electron chi connectivity index (χ2n) is 6.22. The van der Waals surface area contributed by atoms with Crippen molar-refractivity contribution in [3.8, 4) is 0 Å². The van der Waals surface area contributed by atoms with Gasteiger partial charge in [0.25, 0.3) is 11.5 Å². The molecule has 0 saturated carbocycles. The predicted molar refractivity (Wildman–Crippen MR) is 100 cm³/mol. The zero-order valence-corrected chi connectivity index (χ0v) is 14.4. The van der Waals surface area contributed by atoms with Crippen LogP contribution in [0.1, 0.15) is 22.1 Å². The van der Waals surface area contributed by atoms with Gasteiger partial charge >= 0.3 is 0 Å². The van der Waals surface area contributed by atoms with E-state index in [9.17, 15) is 9.59 Å². The Hall–Kier alpha value is -3.12. The number of anilines is 1. The highest BCUT2D eigenvalue weighted by Crippen LogP contribution is 2.32. The molecule has 0 bridgehead atoms. The van der Waals surface area contributed by atoms with E-state index in [1.165, 1.54) is 0 Å². The minimum atomic E-state index is -0.555. The van der Waals surface area contributed by atoms with Crippen LogP contribution in [0.5, 0.6) is 0 Å². The standard InChI is InChI=1S/C20H19N3O3/c1-26-11-10-23-18(21-17-9-5-3-7-14(17)20(23)25)15-12-13-6-2-4-8-16(13)22-19(15)24/h2-9,12,18,21H,10-11H2,1H3,(H,22,24)/t18-/m0/s1. The van der Waals surface area contributed by atoms with Crippen LogP contribution in [-0.2, 0) is 4.74 Å². The van der Waals surface area contributed by atoms with E-state index in [0.717, 1.165) is 16.6 Å². The average molecular weight is 349 g/mol. The maximum absolute atomic E-state index is 13.0. The molecule has 1 aromatic heterocycles. The SMILES string of the molecule is COCCN1C(=O)c2ccccc2N[C@@H]1c1cc2ccccc2[nH]c1=O. The average Bonchev–Trinajstić information content (AvgIpc) is 2.67. The van der Waals surface area contributed by atoms with Crippen LogP contribution in [0.15, 0.2) is 59.4 Å². The van der Waals surface area contributed by atoms with Gasteiger partial charge in [0.05, 0.1) is 17.7 Å². The number of ether oxygens (including phenoxy) is 1. The molecule has 0 saturated heterocycles. The molecule has 1 aliphatic rings. The topological polar surface area (TPSA) is 74.4 Å². The minimum Gasteiger partial charge on any atom is -0.383 e. The Morgan fingerprint density at radius 2 is 1.85 bits per heavy atom. The summed E-state index contributed by atoms with van der Waals surface area (Å²) in [6.45, 7) is 0.769. The third kappa shape index (κ3) is 2.74. The van der Waals surface area contributed by atoms with Crippen LogP contribution in [0.2, 0.25) is 0 Å². The first kappa shape index (κ1) is 16.4. The molecule has 3 aromatic rings. The molecule has 6 nitrogen and oxygen atoms in total. The normalized spacial score (nSPS) is 16.4. The van der Waals surface area contributed by atoms with Crippen molar-refractivity contribution in [3.63, 3.8) is 0 Å². The number of carbonyl (C=O) groups is 1. The van der Waals surface area contributed by atoms with Gasteiger partial charge in [0.1, 0.15) is 6.17 Å². The van der Waals surface area contributed by atoms with Crippen molar-refractivity contribution >= 4 is 22.5 Å². The summed E-state index contributed by atoms with van der Waals surface area (Å²) in [7, 11) is 1.59. The number of carbonyl (C=O) groups excluding carboxylic acids is 1. The summed E-state index contributed by atoms with van der Waals surface area (Å²) in [5, 5.41) is 4.26. The lowest BCUT2D eigenvalue weighted by atomic mass is 10.0. The number of benzene rings is 2. The van der Waals surface area contributed by atoms with E-state index in [0.29, 0.717) is 24.3 Å². The summed E-state index contributed by atoms with van der Waals surface area (Å²) in [4.78, 5) is 30.3. The Morgan fingerprint density at radius 3 is 2.69 bits per heavy atom. The first-order valence-electron chi connectivity index (χ1n) is 8.46. The number of hydrogen-bond donors (Lipinski definition) is 2. The van der Waals surface area contributed by atoms with E-state index in [-0.39, 0.29) is 11.5 Å². The first-order valence-corrected chi connectivity index (χ1v) is 8.46. The lowest BCUT2D eigenvalue weighted by molar-refractivity contribution is 0.0608. The molecule has 2 heterocycles. The van der Waals surface area contributed by atoms with Crippen molar-refractivity contribution < 1.29 is 9.53 Å². The molecule has 0 aliphatic carbocycles. The van der Waals surface area contributed by atoms with Crippen LogP contribution >= 0.6 is 0 Å². The number of hydrogen-bond acceptors (Lipinski definition) is 4. The number of pyridine rings is 1. The fourth-order valence-corrected chi connectivity index (χ4v) is 3.33. The number of amides is 1. The second-order valence-corrected chi connectivity index (χ2v) is 6.22. The zero-order valence-electron chi connectivity index (χ0n) is 14.4. The summed E-state index contributed by atoms with van der Waals surface area (Å²) in [5.74, 6) is -0.117. The number of rotatable bonds is 4. The molecule has 6 heteroatoms. The highest BCUT2D eigenvalue weighted by Gasteiger charge is 2.33. The third-order valence-corrected chi connectivity index (χ3v) is 4.64. The van der Waals surface area contributed by atoms with E-state index in [1.54, 1.807) is 18.1 Å². The lowest BCUT2D eigenvalue weighted by Crippen LogP contribution is -2.46. The maximum Gasteiger partial charge on any atom is 0.257 e. The van der Waals surface area contributed by atoms with Crippen LogP contribution in [-0.4, -0.2) is 36.1 Å². The number of nitrogens with one attached hydrogen (secondary N) is 2. The van der Waals surface area contributed by atoms with Gasteiger partial charge in [0.15, 0.2) is 0 Å². The fourth-order valence-electron chi connectivity index (χ4n) is 3.33. The summed E-state index contributed by atoms with van der Waals surface area (Å²) >= 11 is 0. The molecular weight excluding hydrogens is 330 g/mol. The van der Waals surface area contributed by atoms with E-state index in [2.05, 4.69) is 10.3 Å². The monoisotopic (exact) mass is 349 g/mol. The molecular formula is C20H19N3O3. The lowest BCUT2D eigenvalue weighted by Gasteiger charge is -2.37. The Morgan fingerprint density at radius 1 is 1.08 bits per heavy atom. The molecule has 0 fully saturated rings. The molecule has 0 unspecified atom stereocenters. The number of H-pyrrole nitrogens is 1. The Labute approximate surface area is 150 Å². The van der Waals surface area contributed by atoms with Crippen molar-refractivity contribution in [2.75, 3.05) is 25.6 Å². The van der Waals surface area contributed by atoms with Crippen LogP contribution < -0.4 is 10.9 Å². The predicted octanol–water partition coefficient (Wildman–Crippen LogP) is 2.74. The van der Waals surface area contributed by atoms with Gasteiger partial charge in [-0.2, -0.15) is 0 Å². The molecule has 0 spiro atoms. The number of aromatic nitrogens is 1. The maximum atomic E-state index is 13.0. The van der Waals surface area contributed by atoms with Crippen LogP contribution in [0, 0.1) is 0 Å². The summed E-state index contributed by atoms with van der Waals surface area (Å²) < 4.78 is 5.16. The van der Waals surface area contributed by atoms with Crippen molar-refractivity contribution in [1.29, 1.82) is 0 Å². The number of para-hydroxylation sites is 2. The Kier molecular flexibility index (Phi) is 4.18. The van der Waals surface area contributed by atoms with Crippen molar-refractivity contribution in [2.45, 2.75) is 6.17 Å². The largest absolute Gasteiger partial charge is 0.383 e. The molecule has 1 aliphatic heterocycles. The summed E-state index contributed by atoms with van der Waals surface area (Å²) in [5.41, 5.74) is 2.38. The Balaban J connectivity index is 1.84. The van der Waals surface area contributed by atoms with Gasteiger partial charge < -0.3 is 19.9 Å². The van der Waals surface area contributed by atoms with E-state index in [4.69, 9.17) is 4.74 Å². The van der Waals surface area contributed by atoms with E-state index in [1.807, 2.05) is 48.5 Å². The molecule has 132 valence electrons. The number of fused-ring (bicyclic) bond motifs is 2. The van der Waals surface area contributed by atoms with Crippen molar-refractivity contribution in [2.24, 2.45) is 0 Å². The van der Waals surface area contributed by atoms with Crippen molar-refractivity contribution in [3.05, 3.63) is 76.1 Å². The van der Waals surface area contributed by atoms with Gasteiger partial charge in [-0.05, 0) is 29.7 Å². The molecule has 1 atom stereocenters. The number of aromatic amines is 1. The second kappa shape index (κ2) is 6.65. The first-order chi connectivity index (χ1) is 12.7. The molecule has 4 rings (SSSR count). The van der Waals surface area contributed by atoms with Gasteiger partial charge in [-0.3, -0.25) is 9.59 Å². The van der Waals surface area contributed by atoms with E-state index < -0.39 is 6.17 Å². The van der Waals surface area contributed by atoms with Crippen LogP contribution in [0.4, 0.5) is 5.69 Å².